The quantitative estimate of drug-likeness (QED) is 0.830. The fraction of sp³-hybridized carbons (Fsp3) is 0.688. The van der Waals surface area contributed by atoms with Gasteiger partial charge in [-0.1, -0.05) is 25.7 Å². The molecule has 0 radical (unpaired) electrons. The van der Waals surface area contributed by atoms with Gasteiger partial charge in [0.05, 0.1) is 5.60 Å². The van der Waals surface area contributed by atoms with Gasteiger partial charge in [-0.25, -0.2) is 4.98 Å². The first-order valence-electron chi connectivity index (χ1n) is 7.64. The Hall–Kier alpha value is -1.13. The minimum atomic E-state index is -0.700. The lowest BCUT2D eigenvalue weighted by molar-refractivity contribution is -0.131. The van der Waals surface area contributed by atoms with Gasteiger partial charge >= 0.3 is 0 Å². The number of ether oxygens (including phenoxy) is 1. The van der Waals surface area contributed by atoms with Crippen LogP contribution in [0.4, 0.5) is 5.82 Å². The molecule has 2 rings (SSSR count). The molecular weight excluding hydrogens is 252 g/mol. The van der Waals surface area contributed by atoms with E-state index in [0.29, 0.717) is 12.4 Å². The van der Waals surface area contributed by atoms with E-state index in [9.17, 15) is 5.11 Å². The molecule has 0 aliphatic heterocycles. The molecule has 3 N–H and O–H groups in total. The van der Waals surface area contributed by atoms with Crippen LogP contribution in [0.15, 0.2) is 12.3 Å². The number of nitrogens with two attached hydrogens (primary N) is 1. The number of nitrogen functional groups attached to an aromatic ring is 1. The minimum Gasteiger partial charge on any atom is -0.385 e. The first kappa shape index (κ1) is 15.3. The summed E-state index contributed by atoms with van der Waals surface area (Å²) in [6, 6.07) is 1.89. The summed E-state index contributed by atoms with van der Waals surface area (Å²) in [6.45, 7) is 4.56. The smallest absolute Gasteiger partial charge is 0.129 e. The molecule has 0 saturated heterocycles. The van der Waals surface area contributed by atoms with Crippen molar-refractivity contribution in [2.75, 3.05) is 12.3 Å². The van der Waals surface area contributed by atoms with Crippen LogP contribution in [0.3, 0.4) is 0 Å². The topological polar surface area (TPSA) is 68.4 Å². The van der Waals surface area contributed by atoms with Crippen molar-refractivity contribution < 1.29 is 9.84 Å². The van der Waals surface area contributed by atoms with Gasteiger partial charge in [-0.3, -0.25) is 0 Å². The van der Waals surface area contributed by atoms with E-state index < -0.39 is 11.7 Å². The van der Waals surface area contributed by atoms with Crippen LogP contribution in [0.25, 0.3) is 0 Å². The predicted molar refractivity (Wildman–Crippen MR) is 80.4 cm³/mol. The van der Waals surface area contributed by atoms with Gasteiger partial charge in [0.25, 0.3) is 0 Å². The van der Waals surface area contributed by atoms with Crippen LogP contribution in [-0.2, 0) is 4.74 Å². The third-order valence-electron chi connectivity index (χ3n) is 4.39. The number of aryl methyl sites for hydroxylation is 1. The molecule has 1 saturated carbocycles. The van der Waals surface area contributed by atoms with Gasteiger partial charge in [0.15, 0.2) is 0 Å². The molecule has 1 aromatic rings. The Labute approximate surface area is 121 Å². The maximum absolute atomic E-state index is 11.0. The Bertz CT molecular complexity index is 420. The van der Waals surface area contributed by atoms with Crippen molar-refractivity contribution in [2.24, 2.45) is 0 Å². The van der Waals surface area contributed by atoms with Crippen molar-refractivity contribution in [1.29, 1.82) is 0 Å². The average molecular weight is 278 g/mol. The Morgan fingerprint density at radius 2 is 2.00 bits per heavy atom. The van der Waals surface area contributed by atoms with E-state index in [4.69, 9.17) is 10.5 Å². The van der Waals surface area contributed by atoms with Crippen LogP contribution in [0, 0.1) is 6.92 Å². The van der Waals surface area contributed by atoms with Crippen LogP contribution in [0.1, 0.15) is 62.7 Å². The second-order valence-corrected chi connectivity index (χ2v) is 5.74. The number of nitrogens with zero attached hydrogens (tertiary/aromatic N) is 1. The highest BCUT2D eigenvalue weighted by atomic mass is 16.5. The third-order valence-corrected chi connectivity index (χ3v) is 4.39. The highest BCUT2D eigenvalue weighted by Gasteiger charge is 2.41. The van der Waals surface area contributed by atoms with Crippen LogP contribution in [0.5, 0.6) is 0 Å². The van der Waals surface area contributed by atoms with Crippen LogP contribution >= 0.6 is 0 Å². The zero-order valence-electron chi connectivity index (χ0n) is 12.6. The van der Waals surface area contributed by atoms with Crippen LogP contribution in [-0.4, -0.2) is 22.3 Å². The summed E-state index contributed by atoms with van der Waals surface area (Å²) < 4.78 is 6.04. The molecule has 1 heterocycles. The normalized spacial score (nSPS) is 20.4. The van der Waals surface area contributed by atoms with E-state index in [2.05, 4.69) is 4.98 Å². The molecule has 1 atom stereocenters. The molecule has 0 aromatic carbocycles. The lowest BCUT2D eigenvalue weighted by Crippen LogP contribution is -2.40. The van der Waals surface area contributed by atoms with Crippen LogP contribution in [0.2, 0.25) is 0 Å². The number of hydrogen-bond acceptors (Lipinski definition) is 4. The third kappa shape index (κ3) is 2.96. The van der Waals surface area contributed by atoms with Gasteiger partial charge < -0.3 is 15.6 Å². The summed E-state index contributed by atoms with van der Waals surface area (Å²) in [5.41, 5.74) is 7.21. The number of pyridine rings is 1. The molecule has 1 aliphatic carbocycles. The fourth-order valence-electron chi connectivity index (χ4n) is 3.32. The van der Waals surface area contributed by atoms with Gasteiger partial charge in [-0.15, -0.1) is 0 Å². The molecular formula is C16H26N2O2. The van der Waals surface area contributed by atoms with Crippen molar-refractivity contribution in [1.82, 2.24) is 4.98 Å². The number of hydrogen-bond donors (Lipinski definition) is 2. The standard InChI is InChI=1S/C16H26N2O2/c1-3-20-16(9-6-4-5-7-10-16)14(19)13-12(2)8-11-18-15(13)17/h8,11,14,19H,3-7,9-10H2,1-2H3,(H2,17,18). The lowest BCUT2D eigenvalue weighted by Gasteiger charge is -2.38. The second kappa shape index (κ2) is 6.55. The summed E-state index contributed by atoms with van der Waals surface area (Å²) in [5.74, 6) is 0.417. The first-order valence-corrected chi connectivity index (χ1v) is 7.64. The van der Waals surface area contributed by atoms with Crippen LogP contribution < -0.4 is 5.73 Å². The lowest BCUT2D eigenvalue weighted by atomic mass is 9.83. The van der Waals surface area contributed by atoms with E-state index in [1.54, 1.807) is 6.20 Å². The summed E-state index contributed by atoms with van der Waals surface area (Å²) in [4.78, 5) is 4.13. The van der Waals surface area contributed by atoms with Crippen molar-refractivity contribution in [3.8, 4) is 0 Å². The van der Waals surface area contributed by atoms with Gasteiger partial charge in [-0.05, 0) is 38.3 Å². The minimum absolute atomic E-state index is 0.417. The number of aromatic nitrogens is 1. The van der Waals surface area contributed by atoms with E-state index in [-0.39, 0.29) is 0 Å². The van der Waals surface area contributed by atoms with E-state index in [1.807, 2.05) is 19.9 Å². The van der Waals surface area contributed by atoms with Gasteiger partial charge in [0, 0.05) is 18.4 Å². The molecule has 1 fully saturated rings. The average Bonchev–Trinajstić information content (AvgIpc) is 2.65. The van der Waals surface area contributed by atoms with Crippen molar-refractivity contribution in [3.05, 3.63) is 23.4 Å². The molecule has 0 spiro atoms. The number of anilines is 1. The summed E-state index contributed by atoms with van der Waals surface area (Å²) in [7, 11) is 0. The Balaban J connectivity index is 2.37. The fourth-order valence-corrected chi connectivity index (χ4v) is 3.32. The van der Waals surface area contributed by atoms with E-state index in [0.717, 1.165) is 36.8 Å². The molecule has 0 amide bonds. The molecule has 1 aliphatic rings. The maximum Gasteiger partial charge on any atom is 0.129 e. The molecule has 20 heavy (non-hydrogen) atoms. The number of aliphatic hydroxyl groups excluding tert-OH is 1. The molecule has 1 aromatic heterocycles. The Kier molecular flexibility index (Phi) is 5.00. The van der Waals surface area contributed by atoms with E-state index in [1.165, 1.54) is 12.8 Å². The zero-order chi connectivity index (χ0) is 14.6. The summed E-state index contributed by atoms with van der Waals surface area (Å²) >= 11 is 0. The molecule has 1 unspecified atom stereocenters. The van der Waals surface area contributed by atoms with Gasteiger partial charge in [0.2, 0.25) is 0 Å². The number of rotatable bonds is 4. The van der Waals surface area contributed by atoms with Crippen molar-refractivity contribution in [2.45, 2.75) is 64.1 Å². The highest BCUT2D eigenvalue weighted by Crippen LogP contribution is 2.42. The molecule has 4 heteroatoms. The first-order chi connectivity index (χ1) is 9.60. The molecule has 112 valence electrons. The Morgan fingerprint density at radius 3 is 2.55 bits per heavy atom. The highest BCUT2D eigenvalue weighted by molar-refractivity contribution is 5.46. The summed E-state index contributed by atoms with van der Waals surface area (Å²) in [6.07, 6.45) is 7.36. The molecule has 4 nitrogen and oxygen atoms in total. The largest absolute Gasteiger partial charge is 0.385 e. The molecule has 0 bridgehead atoms. The van der Waals surface area contributed by atoms with E-state index >= 15 is 0 Å². The second-order valence-electron chi connectivity index (χ2n) is 5.74. The van der Waals surface area contributed by atoms with Crippen molar-refractivity contribution in [3.63, 3.8) is 0 Å². The maximum atomic E-state index is 11.0. The predicted octanol–water partition coefficient (Wildman–Crippen LogP) is 3.14. The van der Waals surface area contributed by atoms with Crippen molar-refractivity contribution >= 4 is 5.82 Å². The SMILES string of the molecule is CCOC1(C(O)c2c(C)ccnc2N)CCCCCC1. The zero-order valence-corrected chi connectivity index (χ0v) is 12.6. The summed E-state index contributed by atoms with van der Waals surface area (Å²) in [5, 5.41) is 11.0. The van der Waals surface area contributed by atoms with Gasteiger partial charge in [-0.2, -0.15) is 0 Å². The Morgan fingerprint density at radius 1 is 1.35 bits per heavy atom. The monoisotopic (exact) mass is 278 g/mol. The van der Waals surface area contributed by atoms with Gasteiger partial charge in [0.1, 0.15) is 11.9 Å². The number of aliphatic hydroxyl groups is 1.